The van der Waals surface area contributed by atoms with Crippen LogP contribution in [0.1, 0.15) is 18.9 Å². The molecule has 2 N–H and O–H groups in total. The zero-order valence-corrected chi connectivity index (χ0v) is 9.68. The summed E-state index contributed by atoms with van der Waals surface area (Å²) in [7, 11) is 0. The second-order valence-electron chi connectivity index (χ2n) is 3.68. The van der Waals surface area contributed by atoms with Crippen molar-refractivity contribution in [2.75, 3.05) is 5.73 Å². The van der Waals surface area contributed by atoms with E-state index in [1.807, 2.05) is 6.07 Å². The molecule has 2 heteroatoms. The number of anilines is 1. The van der Waals surface area contributed by atoms with Crippen molar-refractivity contribution in [2.45, 2.75) is 19.8 Å². The van der Waals surface area contributed by atoms with Crippen LogP contribution in [0.25, 0.3) is 11.1 Å². The summed E-state index contributed by atoms with van der Waals surface area (Å²) in [6.45, 7) is 2.20. The van der Waals surface area contributed by atoms with E-state index in [-0.39, 0.29) is 0 Å². The molecule has 0 aliphatic carbocycles. The highest BCUT2D eigenvalue weighted by molar-refractivity contribution is 7.14. The van der Waals surface area contributed by atoms with Gasteiger partial charge in [0, 0.05) is 5.38 Å². The third-order valence-corrected chi connectivity index (χ3v) is 3.21. The number of hydrogen-bond donors (Lipinski definition) is 1. The van der Waals surface area contributed by atoms with Gasteiger partial charge in [0.15, 0.2) is 0 Å². The Morgan fingerprint density at radius 3 is 2.40 bits per heavy atom. The number of hydrogen-bond acceptors (Lipinski definition) is 2. The lowest BCUT2D eigenvalue weighted by molar-refractivity contribution is 0.922. The molecule has 0 aliphatic heterocycles. The zero-order chi connectivity index (χ0) is 10.7. The van der Waals surface area contributed by atoms with Gasteiger partial charge in [-0.25, -0.2) is 0 Å². The largest absolute Gasteiger partial charge is 0.391 e. The minimum absolute atomic E-state index is 0.877. The molecule has 0 bridgehead atoms. The number of benzene rings is 1. The molecule has 0 unspecified atom stereocenters. The standard InChI is InChI=1S/C13H15NS/c1-2-3-10-4-6-11(7-5-10)12-8-13(14)15-9-12/h4-9H,2-3,14H2,1H3. The van der Waals surface area contributed by atoms with E-state index >= 15 is 0 Å². The van der Waals surface area contributed by atoms with E-state index < -0.39 is 0 Å². The normalized spacial score (nSPS) is 10.5. The van der Waals surface area contributed by atoms with E-state index in [2.05, 4.69) is 36.6 Å². The molecule has 1 heterocycles. The molecule has 2 aromatic rings. The van der Waals surface area contributed by atoms with Crippen LogP contribution in [0.4, 0.5) is 5.00 Å². The van der Waals surface area contributed by atoms with Crippen molar-refractivity contribution in [1.29, 1.82) is 0 Å². The summed E-state index contributed by atoms with van der Waals surface area (Å²) in [6, 6.07) is 10.8. The molecular weight excluding hydrogens is 202 g/mol. The fraction of sp³-hybridized carbons (Fsp3) is 0.231. The van der Waals surface area contributed by atoms with Crippen LogP contribution in [-0.4, -0.2) is 0 Å². The maximum atomic E-state index is 5.71. The van der Waals surface area contributed by atoms with Gasteiger partial charge in [-0.2, -0.15) is 0 Å². The molecule has 1 nitrogen and oxygen atoms in total. The fourth-order valence-electron chi connectivity index (χ4n) is 1.66. The number of aryl methyl sites for hydroxylation is 1. The number of nitrogen functional groups attached to an aromatic ring is 1. The van der Waals surface area contributed by atoms with Gasteiger partial charge < -0.3 is 5.73 Å². The van der Waals surface area contributed by atoms with Gasteiger partial charge in [0.05, 0.1) is 5.00 Å². The number of rotatable bonds is 3. The van der Waals surface area contributed by atoms with Crippen molar-refractivity contribution in [3.05, 3.63) is 41.3 Å². The van der Waals surface area contributed by atoms with Crippen molar-refractivity contribution >= 4 is 16.3 Å². The summed E-state index contributed by atoms with van der Waals surface area (Å²) < 4.78 is 0. The second-order valence-corrected chi connectivity index (χ2v) is 4.63. The topological polar surface area (TPSA) is 26.0 Å². The Morgan fingerprint density at radius 1 is 1.13 bits per heavy atom. The minimum atomic E-state index is 0.877. The lowest BCUT2D eigenvalue weighted by Gasteiger charge is -2.01. The van der Waals surface area contributed by atoms with E-state index in [0.717, 1.165) is 11.4 Å². The summed E-state index contributed by atoms with van der Waals surface area (Å²) in [4.78, 5) is 0. The number of nitrogens with two attached hydrogens (primary N) is 1. The quantitative estimate of drug-likeness (QED) is 0.827. The van der Waals surface area contributed by atoms with Crippen LogP contribution in [0, 0.1) is 0 Å². The second kappa shape index (κ2) is 4.49. The van der Waals surface area contributed by atoms with E-state index in [0.29, 0.717) is 0 Å². The molecule has 1 aromatic heterocycles. The Labute approximate surface area is 94.6 Å². The molecular formula is C13H15NS. The van der Waals surface area contributed by atoms with Crippen molar-refractivity contribution in [3.63, 3.8) is 0 Å². The van der Waals surface area contributed by atoms with Crippen LogP contribution < -0.4 is 5.73 Å². The lowest BCUT2D eigenvalue weighted by atomic mass is 10.0. The van der Waals surface area contributed by atoms with Gasteiger partial charge in [-0.15, -0.1) is 11.3 Å². The lowest BCUT2D eigenvalue weighted by Crippen LogP contribution is -1.82. The summed E-state index contributed by atoms with van der Waals surface area (Å²) >= 11 is 1.59. The number of thiophene rings is 1. The fourth-order valence-corrected chi connectivity index (χ4v) is 2.32. The maximum absolute atomic E-state index is 5.71. The molecule has 0 fully saturated rings. The van der Waals surface area contributed by atoms with Crippen LogP contribution >= 0.6 is 11.3 Å². The van der Waals surface area contributed by atoms with Crippen molar-refractivity contribution in [3.8, 4) is 11.1 Å². The molecule has 15 heavy (non-hydrogen) atoms. The smallest absolute Gasteiger partial charge is 0.0862 e. The average Bonchev–Trinajstić information content (AvgIpc) is 2.67. The van der Waals surface area contributed by atoms with Gasteiger partial charge >= 0.3 is 0 Å². The van der Waals surface area contributed by atoms with Crippen molar-refractivity contribution in [2.24, 2.45) is 0 Å². The molecule has 0 aliphatic rings. The molecule has 0 saturated carbocycles. The summed E-state index contributed by atoms with van der Waals surface area (Å²) in [5.41, 5.74) is 9.59. The Hall–Kier alpha value is -1.28. The van der Waals surface area contributed by atoms with E-state index in [1.54, 1.807) is 11.3 Å². The van der Waals surface area contributed by atoms with Crippen molar-refractivity contribution in [1.82, 2.24) is 0 Å². The Balaban J connectivity index is 2.23. The molecule has 2 rings (SSSR count). The SMILES string of the molecule is CCCc1ccc(-c2csc(N)c2)cc1. The average molecular weight is 217 g/mol. The van der Waals surface area contributed by atoms with Crippen molar-refractivity contribution < 1.29 is 0 Å². The zero-order valence-electron chi connectivity index (χ0n) is 8.86. The molecule has 0 saturated heterocycles. The summed E-state index contributed by atoms with van der Waals surface area (Å²) in [5, 5.41) is 2.98. The highest BCUT2D eigenvalue weighted by Gasteiger charge is 2.00. The third-order valence-electron chi connectivity index (χ3n) is 2.45. The van der Waals surface area contributed by atoms with E-state index in [1.165, 1.54) is 23.1 Å². The molecule has 0 amide bonds. The van der Waals surface area contributed by atoms with Gasteiger partial charge in [0.25, 0.3) is 0 Å². The van der Waals surface area contributed by atoms with Gasteiger partial charge in [-0.05, 0) is 29.2 Å². The van der Waals surface area contributed by atoms with Crippen LogP contribution in [0.5, 0.6) is 0 Å². The Bertz CT molecular complexity index is 428. The third kappa shape index (κ3) is 2.39. The molecule has 0 atom stereocenters. The predicted octanol–water partition coefficient (Wildman–Crippen LogP) is 3.95. The predicted molar refractivity (Wildman–Crippen MR) is 68.2 cm³/mol. The van der Waals surface area contributed by atoms with Crippen LogP contribution in [0.15, 0.2) is 35.7 Å². The summed E-state index contributed by atoms with van der Waals surface area (Å²) in [6.07, 6.45) is 2.36. The highest BCUT2D eigenvalue weighted by atomic mass is 32.1. The molecule has 78 valence electrons. The van der Waals surface area contributed by atoms with Gasteiger partial charge in [0.2, 0.25) is 0 Å². The molecule has 1 aromatic carbocycles. The Kier molecular flexibility index (Phi) is 3.07. The van der Waals surface area contributed by atoms with E-state index in [4.69, 9.17) is 5.73 Å². The van der Waals surface area contributed by atoms with Gasteiger partial charge in [0.1, 0.15) is 0 Å². The molecule has 0 radical (unpaired) electrons. The van der Waals surface area contributed by atoms with Crippen LogP contribution in [-0.2, 0) is 6.42 Å². The first kappa shape index (κ1) is 10.2. The molecule has 0 spiro atoms. The first-order valence-electron chi connectivity index (χ1n) is 5.23. The van der Waals surface area contributed by atoms with Crippen LogP contribution in [0.2, 0.25) is 0 Å². The van der Waals surface area contributed by atoms with Gasteiger partial charge in [-0.1, -0.05) is 37.6 Å². The summed E-state index contributed by atoms with van der Waals surface area (Å²) in [5.74, 6) is 0. The van der Waals surface area contributed by atoms with E-state index in [9.17, 15) is 0 Å². The first-order chi connectivity index (χ1) is 7.29. The first-order valence-corrected chi connectivity index (χ1v) is 6.11. The Morgan fingerprint density at radius 2 is 1.87 bits per heavy atom. The highest BCUT2D eigenvalue weighted by Crippen LogP contribution is 2.27. The van der Waals surface area contributed by atoms with Gasteiger partial charge in [-0.3, -0.25) is 0 Å². The maximum Gasteiger partial charge on any atom is 0.0862 e. The van der Waals surface area contributed by atoms with Crippen LogP contribution in [0.3, 0.4) is 0 Å². The monoisotopic (exact) mass is 217 g/mol. The minimum Gasteiger partial charge on any atom is -0.391 e.